The van der Waals surface area contributed by atoms with E-state index in [9.17, 15) is 0 Å². The van der Waals surface area contributed by atoms with Crippen molar-refractivity contribution in [2.75, 3.05) is 36.0 Å². The van der Waals surface area contributed by atoms with E-state index in [-0.39, 0.29) is 5.41 Å². The summed E-state index contributed by atoms with van der Waals surface area (Å²) in [5.41, 5.74) is 2.03. The molecule has 152 valence electrons. The summed E-state index contributed by atoms with van der Waals surface area (Å²) >= 11 is 0. The van der Waals surface area contributed by atoms with Gasteiger partial charge in [-0.3, -0.25) is 4.68 Å². The smallest absolute Gasteiger partial charge is 0.163 e. The van der Waals surface area contributed by atoms with Crippen molar-refractivity contribution in [3.05, 3.63) is 30.1 Å². The molecule has 2 saturated heterocycles. The molecule has 8 nitrogen and oxygen atoms in total. The van der Waals surface area contributed by atoms with E-state index in [4.69, 9.17) is 4.98 Å². The molecule has 5 rings (SSSR count). The molecule has 2 atom stereocenters. The fourth-order valence-electron chi connectivity index (χ4n) is 4.64. The highest BCUT2D eigenvalue weighted by molar-refractivity contribution is 5.87. The molecule has 0 saturated carbocycles. The van der Waals surface area contributed by atoms with Gasteiger partial charge in [0.05, 0.1) is 17.3 Å². The number of anilines is 2. The van der Waals surface area contributed by atoms with Gasteiger partial charge in [0.25, 0.3) is 0 Å². The summed E-state index contributed by atoms with van der Waals surface area (Å²) in [7, 11) is 1.93. The number of nitrogens with zero attached hydrogens (tertiary/aromatic N) is 8. The summed E-state index contributed by atoms with van der Waals surface area (Å²) in [6.45, 7) is 12.6. The summed E-state index contributed by atoms with van der Waals surface area (Å²) in [4.78, 5) is 23.2. The van der Waals surface area contributed by atoms with E-state index in [1.54, 1.807) is 6.33 Å². The Balaban J connectivity index is 1.36. The van der Waals surface area contributed by atoms with E-state index in [1.165, 1.54) is 0 Å². The quantitative estimate of drug-likeness (QED) is 0.662. The third kappa shape index (κ3) is 3.10. The van der Waals surface area contributed by atoms with Crippen molar-refractivity contribution in [3.8, 4) is 0 Å². The van der Waals surface area contributed by atoms with Gasteiger partial charge in [-0.2, -0.15) is 5.10 Å². The molecule has 0 bridgehead atoms. The Hall–Kier alpha value is -2.77. The molecule has 0 amide bonds. The monoisotopic (exact) mass is 392 g/mol. The van der Waals surface area contributed by atoms with Gasteiger partial charge in [0, 0.05) is 56.5 Å². The minimum atomic E-state index is 0.0318. The summed E-state index contributed by atoms with van der Waals surface area (Å²) in [5.74, 6) is 4.11. The first kappa shape index (κ1) is 18.3. The van der Waals surface area contributed by atoms with Gasteiger partial charge >= 0.3 is 0 Å². The molecule has 0 N–H and O–H groups in total. The lowest BCUT2D eigenvalue weighted by molar-refractivity contribution is 0.533. The number of hydrogen-bond acceptors (Lipinski definition) is 7. The van der Waals surface area contributed by atoms with Crippen LogP contribution >= 0.6 is 0 Å². The van der Waals surface area contributed by atoms with E-state index >= 15 is 0 Å². The molecule has 5 heterocycles. The number of aromatic nitrogens is 6. The van der Waals surface area contributed by atoms with Gasteiger partial charge in [0.1, 0.15) is 23.8 Å². The van der Waals surface area contributed by atoms with Gasteiger partial charge in [-0.1, -0.05) is 20.8 Å². The molecule has 2 unspecified atom stereocenters. The van der Waals surface area contributed by atoms with E-state index < -0.39 is 0 Å². The van der Waals surface area contributed by atoms with Crippen LogP contribution in [-0.4, -0.2) is 55.9 Å². The third-order valence-corrected chi connectivity index (χ3v) is 6.21. The van der Waals surface area contributed by atoms with Crippen molar-refractivity contribution < 1.29 is 0 Å². The molecule has 29 heavy (non-hydrogen) atoms. The first-order valence-electron chi connectivity index (χ1n) is 10.3. The predicted molar refractivity (Wildman–Crippen MR) is 113 cm³/mol. The molecule has 2 aliphatic rings. The van der Waals surface area contributed by atoms with Crippen molar-refractivity contribution in [1.82, 2.24) is 29.7 Å². The SMILES string of the molecule is Cc1nc(N2CC3CN(c4cc(C(C)(C)C)ncn4)CC3C2)c2cnn(C)c2n1. The van der Waals surface area contributed by atoms with Crippen LogP contribution in [0.15, 0.2) is 18.6 Å². The maximum Gasteiger partial charge on any atom is 0.163 e. The molecule has 0 radical (unpaired) electrons. The topological polar surface area (TPSA) is 75.9 Å². The fraction of sp³-hybridized carbons (Fsp3) is 0.571. The summed E-state index contributed by atoms with van der Waals surface area (Å²) in [6.07, 6.45) is 3.60. The number of hydrogen-bond donors (Lipinski definition) is 0. The first-order valence-corrected chi connectivity index (χ1v) is 10.3. The number of aryl methyl sites for hydroxylation is 2. The average molecular weight is 393 g/mol. The zero-order valence-corrected chi connectivity index (χ0v) is 17.8. The lowest BCUT2D eigenvalue weighted by Crippen LogP contribution is -2.30. The zero-order valence-electron chi connectivity index (χ0n) is 17.8. The lowest BCUT2D eigenvalue weighted by Gasteiger charge is -2.25. The Morgan fingerprint density at radius 2 is 1.66 bits per heavy atom. The highest BCUT2D eigenvalue weighted by Gasteiger charge is 2.41. The van der Waals surface area contributed by atoms with E-state index in [0.717, 1.165) is 60.4 Å². The molecule has 0 spiro atoms. The molecule has 0 aromatic carbocycles. The van der Waals surface area contributed by atoms with Gasteiger partial charge in [0.2, 0.25) is 0 Å². The Labute approximate surface area is 171 Å². The van der Waals surface area contributed by atoms with E-state index in [0.29, 0.717) is 11.8 Å². The number of rotatable bonds is 2. The van der Waals surface area contributed by atoms with Crippen LogP contribution in [0.4, 0.5) is 11.6 Å². The second-order valence-corrected chi connectivity index (χ2v) is 9.44. The van der Waals surface area contributed by atoms with Crippen LogP contribution in [0.5, 0.6) is 0 Å². The maximum atomic E-state index is 4.77. The van der Waals surface area contributed by atoms with Crippen LogP contribution in [-0.2, 0) is 12.5 Å². The van der Waals surface area contributed by atoms with Gasteiger partial charge in [-0.25, -0.2) is 19.9 Å². The van der Waals surface area contributed by atoms with Gasteiger partial charge in [0.15, 0.2) is 5.65 Å². The van der Waals surface area contributed by atoms with Crippen LogP contribution in [0.1, 0.15) is 32.3 Å². The lowest BCUT2D eigenvalue weighted by atomic mass is 9.92. The summed E-state index contributed by atoms with van der Waals surface area (Å²) in [5, 5.41) is 5.43. The molecule has 0 aliphatic carbocycles. The van der Waals surface area contributed by atoms with Crippen LogP contribution in [0.25, 0.3) is 11.0 Å². The maximum absolute atomic E-state index is 4.77. The highest BCUT2D eigenvalue weighted by Crippen LogP contribution is 2.37. The molecule has 3 aromatic rings. The molecular weight excluding hydrogens is 364 g/mol. The van der Waals surface area contributed by atoms with Crippen molar-refractivity contribution in [2.24, 2.45) is 18.9 Å². The van der Waals surface area contributed by atoms with Crippen LogP contribution in [0, 0.1) is 18.8 Å². The molecule has 2 fully saturated rings. The zero-order chi connectivity index (χ0) is 20.3. The largest absolute Gasteiger partial charge is 0.356 e. The minimum absolute atomic E-state index is 0.0318. The second-order valence-electron chi connectivity index (χ2n) is 9.44. The number of fused-ring (bicyclic) bond motifs is 2. The standard InChI is InChI=1S/C21H28N8/c1-13-25-19-16(7-24-27(19)5)20(26-13)29-10-14-8-28(9-15(14)11-29)18-6-17(21(2,3)4)22-12-23-18/h6-7,12,14-15H,8-11H2,1-5H3. The van der Waals surface area contributed by atoms with Gasteiger partial charge in [-0.05, 0) is 6.92 Å². The Morgan fingerprint density at radius 3 is 2.34 bits per heavy atom. The first-order chi connectivity index (χ1) is 13.8. The van der Waals surface area contributed by atoms with Crippen molar-refractivity contribution in [1.29, 1.82) is 0 Å². The molecule has 8 heteroatoms. The Kier molecular flexibility index (Phi) is 4.01. The molecular formula is C21H28N8. The van der Waals surface area contributed by atoms with Gasteiger partial charge in [-0.15, -0.1) is 0 Å². The normalized spacial score (nSPS) is 22.0. The summed E-state index contributed by atoms with van der Waals surface area (Å²) < 4.78 is 1.83. The molecule has 3 aromatic heterocycles. The highest BCUT2D eigenvalue weighted by atomic mass is 15.3. The predicted octanol–water partition coefficient (Wildman–Crippen LogP) is 2.33. The fourth-order valence-corrected chi connectivity index (χ4v) is 4.64. The van der Waals surface area contributed by atoms with Crippen LogP contribution in [0.2, 0.25) is 0 Å². The second kappa shape index (κ2) is 6.37. The van der Waals surface area contributed by atoms with Crippen molar-refractivity contribution >= 4 is 22.7 Å². The summed E-state index contributed by atoms with van der Waals surface area (Å²) in [6, 6.07) is 2.16. The van der Waals surface area contributed by atoms with Crippen LogP contribution in [0.3, 0.4) is 0 Å². The van der Waals surface area contributed by atoms with E-state index in [2.05, 4.69) is 56.7 Å². The Bertz CT molecular complexity index is 1050. The van der Waals surface area contributed by atoms with Crippen molar-refractivity contribution in [2.45, 2.75) is 33.1 Å². The molecule has 2 aliphatic heterocycles. The third-order valence-electron chi connectivity index (χ3n) is 6.21. The van der Waals surface area contributed by atoms with Crippen molar-refractivity contribution in [3.63, 3.8) is 0 Å². The van der Waals surface area contributed by atoms with E-state index in [1.807, 2.05) is 24.9 Å². The van der Waals surface area contributed by atoms with Gasteiger partial charge < -0.3 is 9.80 Å². The Morgan fingerprint density at radius 1 is 0.966 bits per heavy atom. The van der Waals surface area contributed by atoms with Crippen LogP contribution < -0.4 is 9.80 Å². The minimum Gasteiger partial charge on any atom is -0.356 e. The average Bonchev–Trinajstić information content (AvgIpc) is 3.34.